The molecule has 0 fully saturated rings. The number of benzene rings is 2. The Labute approximate surface area is 138 Å². The molecule has 0 atom stereocenters. The Kier molecular flexibility index (Phi) is 4.39. The number of carbonyl (C=O) groups is 1. The first-order valence-electron chi connectivity index (χ1n) is 7.13. The van der Waals surface area contributed by atoms with Crippen LogP contribution in [0.15, 0.2) is 53.9 Å². The number of anilines is 2. The van der Waals surface area contributed by atoms with Crippen LogP contribution in [0.1, 0.15) is 17.3 Å². The van der Waals surface area contributed by atoms with Crippen molar-refractivity contribution in [3.8, 4) is 17.0 Å². The smallest absolute Gasteiger partial charge is 0.187 e. The van der Waals surface area contributed by atoms with E-state index in [1.165, 1.54) is 11.3 Å². The van der Waals surface area contributed by atoms with Crippen molar-refractivity contribution in [3.05, 3.63) is 59.5 Å². The number of Topliss-reactive ketones (excluding diaryl/α,β-unsaturated/α-hetero) is 1. The molecule has 3 aromatic rings. The molecule has 5 heteroatoms. The molecule has 0 bridgehead atoms. The average molecular weight is 324 g/mol. The van der Waals surface area contributed by atoms with Gasteiger partial charge in [0.15, 0.2) is 10.9 Å². The molecule has 0 saturated heterocycles. The minimum Gasteiger partial charge on any atom is -0.497 e. The molecule has 0 spiro atoms. The molecule has 0 amide bonds. The fourth-order valence-corrected chi connectivity index (χ4v) is 2.88. The fraction of sp³-hybridized carbons (Fsp3) is 0.111. The number of ketones is 1. The number of methoxy groups -OCH3 is 1. The van der Waals surface area contributed by atoms with Gasteiger partial charge >= 0.3 is 0 Å². The second kappa shape index (κ2) is 6.62. The van der Waals surface area contributed by atoms with E-state index in [-0.39, 0.29) is 5.78 Å². The Bertz CT molecular complexity index is 808. The lowest BCUT2D eigenvalue weighted by Gasteiger charge is -2.03. The molecular formula is C18H16N2O2S. The Hall–Kier alpha value is -2.66. The monoisotopic (exact) mass is 324 g/mol. The lowest BCUT2D eigenvalue weighted by molar-refractivity contribution is 0.101. The van der Waals surface area contributed by atoms with Crippen molar-refractivity contribution in [2.75, 3.05) is 12.4 Å². The van der Waals surface area contributed by atoms with Crippen LogP contribution >= 0.6 is 11.3 Å². The molecular weight excluding hydrogens is 308 g/mol. The number of nitrogens with zero attached hydrogens (tertiary/aromatic N) is 1. The molecule has 3 rings (SSSR count). The summed E-state index contributed by atoms with van der Waals surface area (Å²) in [5.74, 6) is 0.889. The zero-order valence-corrected chi connectivity index (χ0v) is 13.7. The fourth-order valence-electron chi connectivity index (χ4n) is 2.14. The van der Waals surface area contributed by atoms with Gasteiger partial charge in [-0.1, -0.05) is 0 Å². The summed E-state index contributed by atoms with van der Waals surface area (Å²) < 4.78 is 5.16. The number of carbonyl (C=O) groups excluding carboxylic acids is 1. The maximum absolute atomic E-state index is 11.3. The first-order chi connectivity index (χ1) is 11.2. The molecule has 1 N–H and O–H groups in total. The standard InChI is InChI=1S/C18H16N2O2S/c1-12(21)13-3-7-15(8-4-13)19-18-20-17(11-23-18)14-5-9-16(22-2)10-6-14/h3-11H,1-2H3,(H,19,20). The summed E-state index contributed by atoms with van der Waals surface area (Å²) in [4.78, 5) is 15.9. The van der Waals surface area contributed by atoms with Crippen molar-refractivity contribution in [1.82, 2.24) is 4.98 Å². The summed E-state index contributed by atoms with van der Waals surface area (Å²) in [6.07, 6.45) is 0. The Morgan fingerprint density at radius 2 is 1.78 bits per heavy atom. The molecule has 0 unspecified atom stereocenters. The predicted octanol–water partition coefficient (Wildman–Crippen LogP) is 4.76. The van der Waals surface area contributed by atoms with E-state index in [1.807, 2.05) is 53.9 Å². The number of aromatic nitrogens is 1. The van der Waals surface area contributed by atoms with Crippen molar-refractivity contribution < 1.29 is 9.53 Å². The molecule has 0 aliphatic carbocycles. The zero-order chi connectivity index (χ0) is 16.2. The minimum absolute atomic E-state index is 0.0626. The summed E-state index contributed by atoms with van der Waals surface area (Å²) in [6, 6.07) is 15.2. The van der Waals surface area contributed by atoms with E-state index < -0.39 is 0 Å². The van der Waals surface area contributed by atoms with E-state index in [4.69, 9.17) is 4.74 Å². The average Bonchev–Trinajstić information content (AvgIpc) is 3.04. The maximum Gasteiger partial charge on any atom is 0.187 e. The van der Waals surface area contributed by atoms with Crippen molar-refractivity contribution in [2.24, 2.45) is 0 Å². The number of rotatable bonds is 5. The Morgan fingerprint density at radius 1 is 1.09 bits per heavy atom. The summed E-state index contributed by atoms with van der Waals surface area (Å²) in [5, 5.41) is 6.07. The predicted molar refractivity (Wildman–Crippen MR) is 93.8 cm³/mol. The van der Waals surface area contributed by atoms with E-state index in [1.54, 1.807) is 14.0 Å². The van der Waals surface area contributed by atoms with E-state index in [2.05, 4.69) is 10.3 Å². The number of hydrogen-bond donors (Lipinski definition) is 1. The molecule has 0 radical (unpaired) electrons. The van der Waals surface area contributed by atoms with E-state index in [0.29, 0.717) is 5.56 Å². The molecule has 23 heavy (non-hydrogen) atoms. The highest BCUT2D eigenvalue weighted by molar-refractivity contribution is 7.14. The van der Waals surface area contributed by atoms with Gasteiger partial charge in [-0.2, -0.15) is 0 Å². The van der Waals surface area contributed by atoms with Gasteiger partial charge < -0.3 is 10.1 Å². The third-order valence-corrected chi connectivity index (χ3v) is 4.19. The second-order valence-electron chi connectivity index (χ2n) is 5.02. The largest absolute Gasteiger partial charge is 0.497 e. The van der Waals surface area contributed by atoms with Crippen LogP contribution in [0.3, 0.4) is 0 Å². The highest BCUT2D eigenvalue weighted by Gasteiger charge is 2.06. The van der Waals surface area contributed by atoms with Crippen molar-refractivity contribution in [2.45, 2.75) is 6.92 Å². The van der Waals surface area contributed by atoms with Gasteiger partial charge in [0.1, 0.15) is 5.75 Å². The summed E-state index contributed by atoms with van der Waals surface area (Å²) in [7, 11) is 1.65. The second-order valence-corrected chi connectivity index (χ2v) is 5.88. The van der Waals surface area contributed by atoms with Crippen LogP contribution in [0.4, 0.5) is 10.8 Å². The molecule has 116 valence electrons. The SMILES string of the molecule is COc1ccc(-c2csc(Nc3ccc(C(C)=O)cc3)n2)cc1. The summed E-state index contributed by atoms with van der Waals surface area (Å²) >= 11 is 1.54. The molecule has 2 aromatic carbocycles. The van der Waals surface area contributed by atoms with Crippen LogP contribution < -0.4 is 10.1 Å². The normalized spacial score (nSPS) is 10.3. The maximum atomic E-state index is 11.3. The van der Waals surface area contributed by atoms with Gasteiger partial charge in [-0.15, -0.1) is 11.3 Å². The molecule has 0 aliphatic rings. The number of ether oxygens (including phenoxy) is 1. The molecule has 0 saturated carbocycles. The Balaban J connectivity index is 1.74. The lowest BCUT2D eigenvalue weighted by atomic mass is 10.1. The first kappa shape index (κ1) is 15.2. The molecule has 1 heterocycles. The Morgan fingerprint density at radius 3 is 2.39 bits per heavy atom. The van der Waals surface area contributed by atoms with Crippen LogP contribution in [0.25, 0.3) is 11.3 Å². The highest BCUT2D eigenvalue weighted by atomic mass is 32.1. The van der Waals surface area contributed by atoms with Crippen molar-refractivity contribution >= 4 is 27.9 Å². The zero-order valence-electron chi connectivity index (χ0n) is 12.9. The lowest BCUT2D eigenvalue weighted by Crippen LogP contribution is -1.93. The van der Waals surface area contributed by atoms with Gasteiger partial charge in [-0.3, -0.25) is 4.79 Å². The number of hydrogen-bond acceptors (Lipinski definition) is 5. The van der Waals surface area contributed by atoms with E-state index in [0.717, 1.165) is 27.8 Å². The topological polar surface area (TPSA) is 51.2 Å². The minimum atomic E-state index is 0.0626. The molecule has 4 nitrogen and oxygen atoms in total. The summed E-state index contributed by atoms with van der Waals surface area (Å²) in [5.41, 5.74) is 3.57. The van der Waals surface area contributed by atoms with Gasteiger partial charge in [-0.25, -0.2) is 4.98 Å². The number of nitrogens with one attached hydrogen (secondary N) is 1. The van der Waals surface area contributed by atoms with E-state index >= 15 is 0 Å². The van der Waals surface area contributed by atoms with Crippen LogP contribution in [0, 0.1) is 0 Å². The van der Waals surface area contributed by atoms with Gasteiger partial charge in [0.05, 0.1) is 12.8 Å². The van der Waals surface area contributed by atoms with Gasteiger partial charge in [0.25, 0.3) is 0 Å². The highest BCUT2D eigenvalue weighted by Crippen LogP contribution is 2.28. The quantitative estimate of drug-likeness (QED) is 0.687. The van der Waals surface area contributed by atoms with Crippen LogP contribution in [0.5, 0.6) is 5.75 Å². The van der Waals surface area contributed by atoms with Gasteiger partial charge in [0, 0.05) is 22.2 Å². The van der Waals surface area contributed by atoms with Crippen LogP contribution in [-0.4, -0.2) is 17.9 Å². The first-order valence-corrected chi connectivity index (χ1v) is 8.01. The van der Waals surface area contributed by atoms with Crippen LogP contribution in [-0.2, 0) is 0 Å². The van der Waals surface area contributed by atoms with Crippen molar-refractivity contribution in [3.63, 3.8) is 0 Å². The van der Waals surface area contributed by atoms with Crippen molar-refractivity contribution in [1.29, 1.82) is 0 Å². The number of thiazole rings is 1. The molecule has 0 aliphatic heterocycles. The van der Waals surface area contributed by atoms with Crippen LogP contribution in [0.2, 0.25) is 0 Å². The summed E-state index contributed by atoms with van der Waals surface area (Å²) in [6.45, 7) is 1.56. The van der Waals surface area contributed by atoms with Gasteiger partial charge in [0.2, 0.25) is 0 Å². The third-order valence-electron chi connectivity index (χ3n) is 3.43. The third kappa shape index (κ3) is 3.57. The molecule has 1 aromatic heterocycles. The van der Waals surface area contributed by atoms with E-state index in [9.17, 15) is 4.79 Å². The van der Waals surface area contributed by atoms with Gasteiger partial charge in [-0.05, 0) is 55.5 Å².